The molecule has 1 aromatic heterocycles. The zero-order chi connectivity index (χ0) is 20.1. The SMILES string of the molecule is Clc1ccc(C=NNc2nc(N3CCCCC3)nc(N3CCCCC3)n2)c(Cl)c1. The average Bonchev–Trinajstić information content (AvgIpc) is 2.76. The molecule has 7 nitrogen and oxygen atoms in total. The van der Waals surface area contributed by atoms with Gasteiger partial charge in [0.2, 0.25) is 17.8 Å². The lowest BCUT2D eigenvalue weighted by Gasteiger charge is -2.30. The number of hydrogen-bond acceptors (Lipinski definition) is 7. The molecule has 0 spiro atoms. The van der Waals surface area contributed by atoms with Crippen molar-refractivity contribution in [2.75, 3.05) is 41.4 Å². The molecule has 9 heteroatoms. The molecular formula is C20H25Cl2N7. The molecular weight excluding hydrogens is 409 g/mol. The zero-order valence-electron chi connectivity index (χ0n) is 16.3. The van der Waals surface area contributed by atoms with E-state index in [-0.39, 0.29) is 0 Å². The minimum absolute atomic E-state index is 0.447. The van der Waals surface area contributed by atoms with Gasteiger partial charge in [0.05, 0.1) is 11.2 Å². The molecule has 2 saturated heterocycles. The molecule has 0 aliphatic carbocycles. The normalized spacial score (nSPS) is 17.7. The highest BCUT2D eigenvalue weighted by Crippen LogP contribution is 2.23. The molecule has 0 unspecified atom stereocenters. The number of halogens is 2. The summed E-state index contributed by atoms with van der Waals surface area (Å²) in [5.41, 5.74) is 3.72. The molecule has 0 bridgehead atoms. The van der Waals surface area contributed by atoms with E-state index in [1.165, 1.54) is 38.5 Å². The van der Waals surface area contributed by atoms with Gasteiger partial charge >= 0.3 is 0 Å². The fraction of sp³-hybridized carbons (Fsp3) is 0.500. The zero-order valence-corrected chi connectivity index (χ0v) is 17.8. The Balaban J connectivity index is 1.56. The second-order valence-corrected chi connectivity index (χ2v) is 8.23. The number of hydrogen-bond donors (Lipinski definition) is 1. The highest BCUT2D eigenvalue weighted by Gasteiger charge is 2.20. The number of piperidine rings is 2. The average molecular weight is 434 g/mol. The highest BCUT2D eigenvalue weighted by molar-refractivity contribution is 6.36. The van der Waals surface area contributed by atoms with E-state index < -0.39 is 0 Å². The van der Waals surface area contributed by atoms with Gasteiger partial charge in [0.25, 0.3) is 0 Å². The molecule has 2 fully saturated rings. The van der Waals surface area contributed by atoms with Gasteiger partial charge in [-0.05, 0) is 50.7 Å². The van der Waals surface area contributed by atoms with E-state index >= 15 is 0 Å². The second kappa shape index (κ2) is 9.59. The van der Waals surface area contributed by atoms with Crippen LogP contribution >= 0.6 is 23.2 Å². The summed E-state index contributed by atoms with van der Waals surface area (Å²) < 4.78 is 0. The first-order valence-corrected chi connectivity index (χ1v) is 10.9. The van der Waals surface area contributed by atoms with Crippen molar-refractivity contribution in [1.29, 1.82) is 0 Å². The van der Waals surface area contributed by atoms with Gasteiger partial charge < -0.3 is 9.80 Å². The number of benzene rings is 1. The summed E-state index contributed by atoms with van der Waals surface area (Å²) in [5.74, 6) is 1.90. The van der Waals surface area contributed by atoms with Crippen molar-refractivity contribution in [1.82, 2.24) is 15.0 Å². The molecule has 0 amide bonds. The predicted octanol–water partition coefficient (Wildman–Crippen LogP) is 4.61. The Morgan fingerprint density at radius 2 is 1.41 bits per heavy atom. The van der Waals surface area contributed by atoms with Gasteiger partial charge in [0.1, 0.15) is 0 Å². The van der Waals surface area contributed by atoms with Gasteiger partial charge in [-0.2, -0.15) is 20.1 Å². The molecule has 2 aliphatic heterocycles. The molecule has 0 radical (unpaired) electrons. The first-order chi connectivity index (χ1) is 14.2. The van der Waals surface area contributed by atoms with Crippen LogP contribution in [-0.2, 0) is 0 Å². The number of anilines is 3. The molecule has 2 aromatic rings. The maximum absolute atomic E-state index is 6.21. The summed E-state index contributed by atoms with van der Waals surface area (Å²) in [6.45, 7) is 3.91. The van der Waals surface area contributed by atoms with Gasteiger partial charge in [-0.25, -0.2) is 5.43 Å². The van der Waals surface area contributed by atoms with E-state index in [0.29, 0.717) is 16.0 Å². The second-order valence-electron chi connectivity index (χ2n) is 7.39. The lowest BCUT2D eigenvalue weighted by atomic mass is 10.1. The van der Waals surface area contributed by atoms with Crippen molar-refractivity contribution in [3.05, 3.63) is 33.8 Å². The minimum atomic E-state index is 0.447. The maximum Gasteiger partial charge on any atom is 0.250 e. The van der Waals surface area contributed by atoms with Crippen molar-refractivity contribution in [2.45, 2.75) is 38.5 Å². The first kappa shape index (κ1) is 20.2. The molecule has 0 saturated carbocycles. The summed E-state index contributed by atoms with van der Waals surface area (Å²) in [6, 6.07) is 5.29. The van der Waals surface area contributed by atoms with E-state index in [1.54, 1.807) is 18.3 Å². The predicted molar refractivity (Wildman–Crippen MR) is 120 cm³/mol. The largest absolute Gasteiger partial charge is 0.341 e. The summed E-state index contributed by atoms with van der Waals surface area (Å²) in [4.78, 5) is 18.5. The van der Waals surface area contributed by atoms with Crippen molar-refractivity contribution in [2.24, 2.45) is 5.10 Å². The first-order valence-electron chi connectivity index (χ1n) is 10.2. The van der Waals surface area contributed by atoms with Crippen LogP contribution in [0.4, 0.5) is 17.8 Å². The van der Waals surface area contributed by atoms with Gasteiger partial charge in [-0.3, -0.25) is 0 Å². The molecule has 29 heavy (non-hydrogen) atoms. The molecule has 3 heterocycles. The third kappa shape index (κ3) is 5.28. The van der Waals surface area contributed by atoms with Gasteiger partial charge in [0, 0.05) is 36.8 Å². The highest BCUT2D eigenvalue weighted by atomic mass is 35.5. The van der Waals surface area contributed by atoms with Gasteiger partial charge in [-0.1, -0.05) is 29.3 Å². The number of aromatic nitrogens is 3. The van der Waals surface area contributed by atoms with E-state index in [4.69, 9.17) is 28.2 Å². The Bertz CT molecular complexity index is 826. The van der Waals surface area contributed by atoms with Crippen LogP contribution in [0.5, 0.6) is 0 Å². The third-order valence-corrected chi connectivity index (χ3v) is 5.78. The number of nitrogens with one attached hydrogen (secondary N) is 1. The van der Waals surface area contributed by atoms with Crippen LogP contribution in [0.3, 0.4) is 0 Å². The lowest BCUT2D eigenvalue weighted by Crippen LogP contribution is -2.34. The van der Waals surface area contributed by atoms with Crippen molar-refractivity contribution in [3.8, 4) is 0 Å². The fourth-order valence-corrected chi connectivity index (χ4v) is 4.10. The smallest absolute Gasteiger partial charge is 0.250 e. The number of hydrazone groups is 1. The van der Waals surface area contributed by atoms with Crippen LogP contribution < -0.4 is 15.2 Å². The van der Waals surface area contributed by atoms with Crippen LogP contribution in [0, 0.1) is 0 Å². The standard InChI is InChI=1S/C20H25Cl2N7/c21-16-8-7-15(17(22)13-16)14-23-27-18-24-19(28-9-3-1-4-10-28)26-20(25-18)29-11-5-2-6-12-29/h7-8,13-14H,1-6,9-12H2,(H,24,25,26,27). The van der Waals surface area contributed by atoms with Crippen molar-refractivity contribution in [3.63, 3.8) is 0 Å². The Morgan fingerprint density at radius 3 is 1.97 bits per heavy atom. The van der Waals surface area contributed by atoms with E-state index in [1.807, 2.05) is 6.07 Å². The Morgan fingerprint density at radius 1 is 0.828 bits per heavy atom. The molecule has 2 aliphatic rings. The van der Waals surface area contributed by atoms with Gasteiger partial charge in [0.15, 0.2) is 0 Å². The fourth-order valence-electron chi connectivity index (χ4n) is 3.64. The van der Waals surface area contributed by atoms with Crippen molar-refractivity contribution < 1.29 is 0 Å². The van der Waals surface area contributed by atoms with E-state index in [2.05, 4.69) is 30.3 Å². The summed E-state index contributed by atoms with van der Waals surface area (Å²) >= 11 is 12.2. The van der Waals surface area contributed by atoms with Crippen molar-refractivity contribution >= 4 is 47.3 Å². The molecule has 1 N–H and O–H groups in total. The van der Waals surface area contributed by atoms with E-state index in [9.17, 15) is 0 Å². The Labute approximate surface area is 181 Å². The van der Waals surface area contributed by atoms with Crippen LogP contribution in [0.2, 0.25) is 10.0 Å². The van der Waals surface area contributed by atoms with Crippen LogP contribution in [0.15, 0.2) is 23.3 Å². The maximum atomic E-state index is 6.21. The molecule has 1 aromatic carbocycles. The minimum Gasteiger partial charge on any atom is -0.341 e. The summed E-state index contributed by atoms with van der Waals surface area (Å²) in [6.07, 6.45) is 8.84. The lowest BCUT2D eigenvalue weighted by molar-refractivity contribution is 0.556. The quantitative estimate of drug-likeness (QED) is 0.548. The number of rotatable bonds is 5. The third-order valence-electron chi connectivity index (χ3n) is 5.22. The van der Waals surface area contributed by atoms with Crippen LogP contribution in [0.1, 0.15) is 44.1 Å². The van der Waals surface area contributed by atoms with Crippen LogP contribution in [0.25, 0.3) is 0 Å². The summed E-state index contributed by atoms with van der Waals surface area (Å²) in [7, 11) is 0. The topological polar surface area (TPSA) is 69.5 Å². The molecule has 4 rings (SSSR count). The van der Waals surface area contributed by atoms with E-state index in [0.717, 1.165) is 43.6 Å². The molecule has 0 atom stereocenters. The summed E-state index contributed by atoms with van der Waals surface area (Å²) in [5, 5.41) is 5.42. The van der Waals surface area contributed by atoms with Gasteiger partial charge in [-0.15, -0.1) is 0 Å². The monoisotopic (exact) mass is 433 g/mol. The Kier molecular flexibility index (Phi) is 6.67. The Hall–Kier alpha value is -2.12. The van der Waals surface area contributed by atoms with Crippen LogP contribution in [-0.4, -0.2) is 47.3 Å². The molecule has 154 valence electrons. The number of nitrogens with zero attached hydrogens (tertiary/aromatic N) is 6.